The average Bonchev–Trinajstić information content (AvgIpc) is 2.25. The van der Waals surface area contributed by atoms with E-state index in [4.69, 9.17) is 10.5 Å². The highest BCUT2D eigenvalue weighted by Gasteiger charge is 2.08. The topological polar surface area (TPSA) is 35.2 Å². The molecule has 1 aromatic rings. The minimum absolute atomic E-state index is 0. The first-order chi connectivity index (χ1) is 7.19. The van der Waals surface area contributed by atoms with Gasteiger partial charge in [-0.05, 0) is 36.6 Å². The van der Waals surface area contributed by atoms with Gasteiger partial charge in [-0.2, -0.15) is 0 Å². The average molecular weight is 244 g/mol. The van der Waals surface area contributed by atoms with E-state index in [0.29, 0.717) is 0 Å². The molecular weight excluding hydrogens is 222 g/mol. The minimum Gasteiger partial charge on any atom is -0.497 e. The van der Waals surface area contributed by atoms with Crippen LogP contribution in [0.1, 0.15) is 43.4 Å². The van der Waals surface area contributed by atoms with E-state index in [9.17, 15) is 0 Å². The van der Waals surface area contributed by atoms with Crippen LogP contribution in [-0.2, 0) is 0 Å². The van der Waals surface area contributed by atoms with Crippen LogP contribution in [0.5, 0.6) is 5.75 Å². The second kappa shape index (κ2) is 7.53. The lowest BCUT2D eigenvalue weighted by molar-refractivity contribution is 0.414. The lowest BCUT2D eigenvalue weighted by atomic mass is 9.97. The van der Waals surface area contributed by atoms with Gasteiger partial charge in [0.1, 0.15) is 5.75 Å². The molecule has 0 spiro atoms. The first-order valence-electron chi connectivity index (χ1n) is 5.59. The maximum atomic E-state index is 6.13. The first-order valence-corrected chi connectivity index (χ1v) is 5.59. The summed E-state index contributed by atoms with van der Waals surface area (Å²) in [6.45, 7) is 4.28. The van der Waals surface area contributed by atoms with Gasteiger partial charge >= 0.3 is 0 Å². The Morgan fingerprint density at radius 2 is 2.06 bits per heavy atom. The molecule has 2 nitrogen and oxygen atoms in total. The van der Waals surface area contributed by atoms with E-state index in [-0.39, 0.29) is 18.4 Å². The fourth-order valence-corrected chi connectivity index (χ4v) is 1.77. The number of benzene rings is 1. The number of hydrogen-bond donors (Lipinski definition) is 1. The third kappa shape index (κ3) is 4.03. The summed E-state index contributed by atoms with van der Waals surface area (Å²) in [5.74, 6) is 0.902. The molecule has 0 radical (unpaired) electrons. The van der Waals surface area contributed by atoms with Crippen molar-refractivity contribution in [3.05, 3.63) is 29.3 Å². The molecule has 0 bridgehead atoms. The van der Waals surface area contributed by atoms with Crippen molar-refractivity contribution < 1.29 is 4.74 Å². The zero-order valence-corrected chi connectivity index (χ0v) is 11.1. The highest BCUT2D eigenvalue weighted by atomic mass is 35.5. The van der Waals surface area contributed by atoms with E-state index in [2.05, 4.69) is 19.9 Å². The number of ether oxygens (including phenoxy) is 1. The SMILES string of the molecule is CCCC[C@@H](N)c1ccc(OC)cc1C.Cl. The van der Waals surface area contributed by atoms with E-state index in [1.165, 1.54) is 24.0 Å². The smallest absolute Gasteiger partial charge is 0.119 e. The summed E-state index contributed by atoms with van der Waals surface area (Å²) in [6, 6.07) is 6.26. The van der Waals surface area contributed by atoms with Gasteiger partial charge < -0.3 is 10.5 Å². The number of aryl methyl sites for hydroxylation is 1. The molecule has 3 heteroatoms. The monoisotopic (exact) mass is 243 g/mol. The molecule has 0 unspecified atom stereocenters. The van der Waals surface area contributed by atoms with Crippen LogP contribution in [-0.4, -0.2) is 7.11 Å². The predicted octanol–water partition coefficient (Wildman–Crippen LogP) is 3.62. The van der Waals surface area contributed by atoms with Crippen molar-refractivity contribution >= 4 is 12.4 Å². The van der Waals surface area contributed by atoms with Gasteiger partial charge in [-0.1, -0.05) is 25.8 Å². The number of nitrogens with two attached hydrogens (primary N) is 1. The summed E-state index contributed by atoms with van der Waals surface area (Å²) < 4.78 is 5.17. The molecule has 0 fully saturated rings. The summed E-state index contributed by atoms with van der Waals surface area (Å²) in [7, 11) is 1.69. The summed E-state index contributed by atoms with van der Waals surface area (Å²) in [5, 5.41) is 0. The van der Waals surface area contributed by atoms with Crippen molar-refractivity contribution in [2.75, 3.05) is 7.11 Å². The molecule has 0 heterocycles. The van der Waals surface area contributed by atoms with Crippen LogP contribution in [0.3, 0.4) is 0 Å². The van der Waals surface area contributed by atoms with Crippen LogP contribution in [0, 0.1) is 6.92 Å². The first kappa shape index (κ1) is 15.3. The molecule has 0 saturated carbocycles. The molecule has 1 rings (SSSR count). The van der Waals surface area contributed by atoms with E-state index >= 15 is 0 Å². The number of rotatable bonds is 5. The van der Waals surface area contributed by atoms with Gasteiger partial charge in [0.25, 0.3) is 0 Å². The van der Waals surface area contributed by atoms with Gasteiger partial charge in [0, 0.05) is 6.04 Å². The van der Waals surface area contributed by atoms with Gasteiger partial charge in [0.05, 0.1) is 7.11 Å². The van der Waals surface area contributed by atoms with Crippen molar-refractivity contribution in [1.29, 1.82) is 0 Å². The van der Waals surface area contributed by atoms with Crippen LogP contribution in [0.25, 0.3) is 0 Å². The van der Waals surface area contributed by atoms with Gasteiger partial charge in [0.2, 0.25) is 0 Å². The van der Waals surface area contributed by atoms with Crippen LogP contribution in [0.2, 0.25) is 0 Å². The molecule has 1 aromatic carbocycles. The molecule has 2 N–H and O–H groups in total. The molecular formula is C13H22ClNO. The molecule has 16 heavy (non-hydrogen) atoms. The van der Waals surface area contributed by atoms with Crippen LogP contribution >= 0.6 is 12.4 Å². The van der Waals surface area contributed by atoms with Crippen molar-refractivity contribution in [1.82, 2.24) is 0 Å². The molecule has 0 aliphatic heterocycles. The van der Waals surface area contributed by atoms with E-state index in [1.807, 2.05) is 12.1 Å². The Morgan fingerprint density at radius 1 is 1.38 bits per heavy atom. The quantitative estimate of drug-likeness (QED) is 0.858. The predicted molar refractivity (Wildman–Crippen MR) is 71.4 cm³/mol. The Kier molecular flexibility index (Phi) is 7.18. The van der Waals surface area contributed by atoms with Gasteiger partial charge in [-0.15, -0.1) is 12.4 Å². The molecule has 1 atom stereocenters. The Morgan fingerprint density at radius 3 is 2.56 bits per heavy atom. The highest BCUT2D eigenvalue weighted by Crippen LogP contribution is 2.24. The Balaban J connectivity index is 0.00000225. The lowest BCUT2D eigenvalue weighted by Gasteiger charge is -2.15. The fourth-order valence-electron chi connectivity index (χ4n) is 1.77. The molecule has 0 aromatic heterocycles. The largest absolute Gasteiger partial charge is 0.497 e. The second-order valence-electron chi connectivity index (χ2n) is 3.97. The Bertz CT molecular complexity index is 315. The summed E-state index contributed by atoms with van der Waals surface area (Å²) >= 11 is 0. The summed E-state index contributed by atoms with van der Waals surface area (Å²) in [6.07, 6.45) is 3.44. The minimum atomic E-state index is 0. The van der Waals surface area contributed by atoms with E-state index in [0.717, 1.165) is 12.2 Å². The lowest BCUT2D eigenvalue weighted by Crippen LogP contribution is -2.11. The van der Waals surface area contributed by atoms with Crippen molar-refractivity contribution in [2.45, 2.75) is 39.2 Å². The maximum absolute atomic E-state index is 6.13. The number of hydrogen-bond acceptors (Lipinski definition) is 2. The number of halogens is 1. The third-order valence-corrected chi connectivity index (χ3v) is 2.75. The normalized spacial score (nSPS) is 11.8. The summed E-state index contributed by atoms with van der Waals surface area (Å²) in [4.78, 5) is 0. The zero-order chi connectivity index (χ0) is 11.3. The van der Waals surface area contributed by atoms with Crippen molar-refractivity contribution in [3.8, 4) is 5.75 Å². The fraction of sp³-hybridized carbons (Fsp3) is 0.538. The van der Waals surface area contributed by atoms with Crippen LogP contribution in [0.15, 0.2) is 18.2 Å². The van der Waals surface area contributed by atoms with Gasteiger partial charge in [-0.3, -0.25) is 0 Å². The molecule has 0 saturated heterocycles. The Hall–Kier alpha value is -0.730. The molecule has 0 aliphatic carbocycles. The van der Waals surface area contributed by atoms with Gasteiger partial charge in [-0.25, -0.2) is 0 Å². The van der Waals surface area contributed by atoms with Crippen molar-refractivity contribution in [3.63, 3.8) is 0 Å². The highest BCUT2D eigenvalue weighted by molar-refractivity contribution is 5.85. The Labute approximate surface area is 105 Å². The molecule has 0 amide bonds. The van der Waals surface area contributed by atoms with E-state index < -0.39 is 0 Å². The molecule has 0 aliphatic rings. The summed E-state index contributed by atoms with van der Waals surface area (Å²) in [5.41, 5.74) is 8.59. The number of unbranched alkanes of at least 4 members (excludes halogenated alkanes) is 1. The third-order valence-electron chi connectivity index (χ3n) is 2.75. The maximum Gasteiger partial charge on any atom is 0.119 e. The van der Waals surface area contributed by atoms with Gasteiger partial charge in [0.15, 0.2) is 0 Å². The number of methoxy groups -OCH3 is 1. The van der Waals surface area contributed by atoms with Crippen LogP contribution in [0.4, 0.5) is 0 Å². The second-order valence-corrected chi connectivity index (χ2v) is 3.97. The molecule has 92 valence electrons. The van der Waals surface area contributed by atoms with Crippen LogP contribution < -0.4 is 10.5 Å². The standard InChI is InChI=1S/C13H21NO.ClH/c1-4-5-6-13(14)12-8-7-11(15-3)9-10(12)2;/h7-9,13H,4-6,14H2,1-3H3;1H/t13-;/m1./s1. The zero-order valence-electron chi connectivity index (χ0n) is 10.3. The van der Waals surface area contributed by atoms with Crippen molar-refractivity contribution in [2.24, 2.45) is 5.73 Å². The van der Waals surface area contributed by atoms with E-state index in [1.54, 1.807) is 7.11 Å².